The number of carbonyl (C=O) groups excluding carboxylic acids is 1. The van der Waals surface area contributed by atoms with E-state index in [0.717, 1.165) is 0 Å². The Morgan fingerprint density at radius 3 is 2.50 bits per heavy atom. The molecule has 0 spiro atoms. The average molecular weight is 134 g/mol. The van der Waals surface area contributed by atoms with Gasteiger partial charge in [-0.3, -0.25) is 4.79 Å². The van der Waals surface area contributed by atoms with Crippen LogP contribution < -0.4 is 0 Å². The minimum absolute atomic E-state index is 0.166. The van der Waals surface area contributed by atoms with Gasteiger partial charge in [-0.2, -0.15) is 0 Å². The van der Waals surface area contributed by atoms with Gasteiger partial charge in [-0.15, -0.1) is 12.6 Å². The lowest BCUT2D eigenvalue weighted by molar-refractivity contribution is -0.112. The van der Waals surface area contributed by atoms with Crippen molar-refractivity contribution in [2.24, 2.45) is 0 Å². The number of hydrogen-bond donors (Lipinski definition) is 2. The van der Waals surface area contributed by atoms with Crippen LogP contribution in [0.1, 0.15) is 19.8 Å². The largest absolute Gasteiger partial charge is 0.393 e. The van der Waals surface area contributed by atoms with Crippen molar-refractivity contribution in [3.05, 3.63) is 0 Å². The Balaban J connectivity index is 3.24. The van der Waals surface area contributed by atoms with Crippen molar-refractivity contribution < 1.29 is 9.90 Å². The normalized spacial score (nSPS) is 13.4. The van der Waals surface area contributed by atoms with E-state index >= 15 is 0 Å². The molecule has 0 radical (unpaired) electrons. The Hall–Kier alpha value is -0.0200. The molecule has 0 aromatic heterocycles. The first-order valence-electron chi connectivity index (χ1n) is 2.56. The van der Waals surface area contributed by atoms with Gasteiger partial charge < -0.3 is 5.11 Å². The van der Waals surface area contributed by atoms with E-state index in [2.05, 4.69) is 12.6 Å². The zero-order chi connectivity index (χ0) is 6.57. The summed E-state index contributed by atoms with van der Waals surface area (Å²) in [6.45, 7) is 1.82. The molecule has 1 unspecified atom stereocenters. The van der Waals surface area contributed by atoms with Crippen LogP contribution >= 0.6 is 12.6 Å². The second-order valence-corrected chi connectivity index (χ2v) is 2.16. The summed E-state index contributed by atoms with van der Waals surface area (Å²) in [5.74, 6) is 0. The van der Waals surface area contributed by atoms with Crippen molar-refractivity contribution in [3.8, 4) is 0 Å². The molecule has 2 nitrogen and oxygen atoms in total. The van der Waals surface area contributed by atoms with Gasteiger partial charge in [0.05, 0.1) is 6.10 Å². The topological polar surface area (TPSA) is 37.3 Å². The highest BCUT2D eigenvalue weighted by Crippen LogP contribution is 1.98. The van der Waals surface area contributed by atoms with E-state index in [0.29, 0.717) is 6.42 Å². The predicted molar refractivity (Wildman–Crippen MR) is 34.9 cm³/mol. The van der Waals surface area contributed by atoms with E-state index in [9.17, 15) is 4.79 Å². The van der Waals surface area contributed by atoms with Crippen LogP contribution in [0.25, 0.3) is 0 Å². The summed E-state index contributed by atoms with van der Waals surface area (Å²) >= 11 is 3.49. The standard InChI is InChI=1S/C5H10O2S/c1-2-4(6)3-5(7)8/h4,6H,2-3H2,1H3,(H,7,8). The fourth-order valence-electron chi connectivity index (χ4n) is 0.346. The molecular weight excluding hydrogens is 124 g/mol. The molecule has 1 atom stereocenters. The summed E-state index contributed by atoms with van der Waals surface area (Å²) in [4.78, 5) is 10.1. The molecule has 0 fully saturated rings. The Labute approximate surface area is 54.3 Å². The smallest absolute Gasteiger partial charge is 0.188 e. The first-order valence-corrected chi connectivity index (χ1v) is 3.01. The molecule has 0 aliphatic carbocycles. The van der Waals surface area contributed by atoms with Gasteiger partial charge in [0, 0.05) is 6.42 Å². The molecule has 3 heteroatoms. The minimum Gasteiger partial charge on any atom is -0.393 e. The zero-order valence-electron chi connectivity index (χ0n) is 4.79. The van der Waals surface area contributed by atoms with Gasteiger partial charge in [0.2, 0.25) is 0 Å². The second kappa shape index (κ2) is 3.92. The lowest BCUT2D eigenvalue weighted by Crippen LogP contribution is -2.07. The highest BCUT2D eigenvalue weighted by molar-refractivity contribution is 7.96. The number of rotatable bonds is 3. The van der Waals surface area contributed by atoms with Gasteiger partial charge in [-0.05, 0) is 6.42 Å². The molecular formula is C5H10O2S. The molecule has 1 N–H and O–H groups in total. The Morgan fingerprint density at radius 1 is 1.88 bits per heavy atom. The first-order chi connectivity index (χ1) is 3.66. The maximum Gasteiger partial charge on any atom is 0.188 e. The van der Waals surface area contributed by atoms with Gasteiger partial charge in [0.25, 0.3) is 0 Å². The van der Waals surface area contributed by atoms with Crippen LogP contribution in [-0.2, 0) is 4.79 Å². The minimum atomic E-state index is -0.500. The number of aliphatic hydroxyl groups excluding tert-OH is 1. The summed E-state index contributed by atoms with van der Waals surface area (Å²) < 4.78 is 0. The van der Waals surface area contributed by atoms with Gasteiger partial charge in [-0.25, -0.2) is 0 Å². The quantitative estimate of drug-likeness (QED) is 0.555. The monoisotopic (exact) mass is 134 g/mol. The van der Waals surface area contributed by atoms with Crippen molar-refractivity contribution >= 4 is 17.7 Å². The average Bonchev–Trinajstić information content (AvgIpc) is 1.65. The van der Waals surface area contributed by atoms with Gasteiger partial charge in [0.1, 0.15) is 0 Å². The molecule has 0 aliphatic heterocycles. The third-order valence-electron chi connectivity index (χ3n) is 0.881. The molecule has 0 bridgehead atoms. The molecule has 0 rings (SSSR count). The Kier molecular flexibility index (Phi) is 3.91. The van der Waals surface area contributed by atoms with Crippen molar-refractivity contribution in [1.82, 2.24) is 0 Å². The van der Waals surface area contributed by atoms with Gasteiger partial charge >= 0.3 is 0 Å². The van der Waals surface area contributed by atoms with Crippen molar-refractivity contribution in [1.29, 1.82) is 0 Å². The van der Waals surface area contributed by atoms with E-state index in [4.69, 9.17) is 5.11 Å². The van der Waals surface area contributed by atoms with Crippen LogP contribution in [-0.4, -0.2) is 16.3 Å². The Bertz CT molecular complexity index is 82.5. The van der Waals surface area contributed by atoms with Crippen LogP contribution in [0.15, 0.2) is 0 Å². The summed E-state index contributed by atoms with van der Waals surface area (Å²) in [7, 11) is 0. The van der Waals surface area contributed by atoms with Crippen molar-refractivity contribution in [3.63, 3.8) is 0 Å². The fourth-order valence-corrected chi connectivity index (χ4v) is 0.557. The predicted octanol–water partition coefficient (Wildman–Crippen LogP) is 0.604. The highest BCUT2D eigenvalue weighted by Gasteiger charge is 2.02. The molecule has 8 heavy (non-hydrogen) atoms. The van der Waals surface area contributed by atoms with E-state index in [1.54, 1.807) is 0 Å². The summed E-state index contributed by atoms with van der Waals surface area (Å²) in [6.07, 6.45) is 0.284. The number of carbonyl (C=O) groups is 1. The molecule has 0 amide bonds. The number of hydrogen-bond acceptors (Lipinski definition) is 2. The molecule has 48 valence electrons. The molecule has 0 aromatic rings. The second-order valence-electron chi connectivity index (χ2n) is 1.66. The van der Waals surface area contributed by atoms with E-state index < -0.39 is 6.10 Å². The lowest BCUT2D eigenvalue weighted by Gasteiger charge is -2.00. The lowest BCUT2D eigenvalue weighted by atomic mass is 10.2. The van der Waals surface area contributed by atoms with Gasteiger partial charge in [-0.1, -0.05) is 6.92 Å². The maximum absolute atomic E-state index is 10.1. The van der Waals surface area contributed by atoms with Crippen LogP contribution in [0, 0.1) is 0 Å². The van der Waals surface area contributed by atoms with Crippen LogP contribution in [0.3, 0.4) is 0 Å². The Morgan fingerprint density at radius 2 is 2.38 bits per heavy atom. The first kappa shape index (κ1) is 7.98. The van der Waals surface area contributed by atoms with Crippen molar-refractivity contribution in [2.75, 3.05) is 0 Å². The molecule has 0 saturated carbocycles. The van der Waals surface area contributed by atoms with Crippen LogP contribution in [0.4, 0.5) is 0 Å². The van der Waals surface area contributed by atoms with Crippen LogP contribution in [0.5, 0.6) is 0 Å². The fraction of sp³-hybridized carbons (Fsp3) is 0.800. The van der Waals surface area contributed by atoms with Crippen LogP contribution in [0.2, 0.25) is 0 Å². The SMILES string of the molecule is CCC(O)CC(=O)S. The molecule has 0 saturated heterocycles. The highest BCUT2D eigenvalue weighted by atomic mass is 32.1. The van der Waals surface area contributed by atoms with Gasteiger partial charge in [0.15, 0.2) is 5.12 Å². The van der Waals surface area contributed by atoms with E-state index in [1.165, 1.54) is 0 Å². The van der Waals surface area contributed by atoms with Crippen molar-refractivity contribution in [2.45, 2.75) is 25.9 Å². The summed E-state index contributed by atoms with van der Waals surface area (Å²) in [6, 6.07) is 0. The number of aliphatic hydroxyl groups is 1. The zero-order valence-corrected chi connectivity index (χ0v) is 5.69. The maximum atomic E-state index is 10.1. The molecule has 0 aromatic carbocycles. The third kappa shape index (κ3) is 4.15. The summed E-state index contributed by atoms with van der Waals surface area (Å²) in [5.41, 5.74) is 0. The molecule has 0 heterocycles. The molecule has 0 aliphatic rings. The summed E-state index contributed by atoms with van der Waals surface area (Å²) in [5, 5.41) is 8.51. The van der Waals surface area contributed by atoms with E-state index in [1.807, 2.05) is 6.92 Å². The van der Waals surface area contributed by atoms with E-state index in [-0.39, 0.29) is 11.5 Å². The number of thiol groups is 1. The third-order valence-corrected chi connectivity index (χ3v) is 1.06.